The number of ether oxygens (including phenoxy) is 1. The summed E-state index contributed by atoms with van der Waals surface area (Å²) in [5.41, 5.74) is 1.02. The molecule has 1 aliphatic carbocycles. The Labute approximate surface area is 188 Å². The van der Waals surface area contributed by atoms with Crippen molar-refractivity contribution in [1.82, 2.24) is 19.7 Å². The number of hydrogen-bond acceptors (Lipinski definition) is 6. The van der Waals surface area contributed by atoms with Gasteiger partial charge in [-0.05, 0) is 37.2 Å². The Balaban J connectivity index is 1.43. The molecule has 0 spiro atoms. The Morgan fingerprint density at radius 3 is 2.42 bits per heavy atom. The first-order chi connectivity index (χ1) is 15.2. The molecule has 7 nitrogen and oxygen atoms in total. The molecule has 166 valence electrons. The van der Waals surface area contributed by atoms with Gasteiger partial charge in [0.15, 0.2) is 5.16 Å². The van der Waals surface area contributed by atoms with Crippen LogP contribution in [0.15, 0.2) is 35.5 Å². The number of carbonyl (C=O) groups excluding carboxylic acids is 1. The van der Waals surface area contributed by atoms with E-state index in [-0.39, 0.29) is 11.2 Å². The van der Waals surface area contributed by atoms with E-state index in [9.17, 15) is 4.79 Å². The number of piperidine rings is 1. The third-order valence-electron chi connectivity index (χ3n) is 6.50. The number of nitrogens with zero attached hydrogens (tertiary/aromatic N) is 5. The van der Waals surface area contributed by atoms with Crippen LogP contribution >= 0.6 is 11.8 Å². The summed E-state index contributed by atoms with van der Waals surface area (Å²) in [5, 5.41) is 9.76. The lowest BCUT2D eigenvalue weighted by atomic mass is 10.00. The van der Waals surface area contributed by atoms with Crippen LogP contribution in [0, 0.1) is 5.92 Å². The van der Waals surface area contributed by atoms with E-state index in [1.807, 2.05) is 35.2 Å². The van der Waals surface area contributed by atoms with Crippen LogP contribution in [0.4, 0.5) is 5.95 Å². The Bertz CT molecular complexity index is 887. The molecule has 0 unspecified atom stereocenters. The molecule has 2 aromatic rings. The lowest BCUT2D eigenvalue weighted by molar-refractivity contribution is -0.134. The molecular formula is C23H31N5O2S. The first-order valence-electron chi connectivity index (χ1n) is 11.5. The smallest absolute Gasteiger partial charge is 0.240 e. The summed E-state index contributed by atoms with van der Waals surface area (Å²) in [7, 11) is 0. The molecule has 1 aromatic carbocycles. The van der Waals surface area contributed by atoms with Gasteiger partial charge in [0.05, 0.1) is 13.2 Å². The van der Waals surface area contributed by atoms with Crippen LogP contribution in [0.5, 0.6) is 0 Å². The number of carbonyl (C=O) groups is 1. The van der Waals surface area contributed by atoms with E-state index < -0.39 is 0 Å². The Morgan fingerprint density at radius 2 is 1.74 bits per heavy atom. The summed E-state index contributed by atoms with van der Waals surface area (Å²) in [5.74, 6) is 1.90. The molecule has 2 saturated heterocycles. The van der Waals surface area contributed by atoms with Crippen molar-refractivity contribution in [3.05, 3.63) is 35.9 Å². The van der Waals surface area contributed by atoms with Crippen LogP contribution in [0.1, 0.15) is 49.5 Å². The van der Waals surface area contributed by atoms with Crippen molar-refractivity contribution in [3.8, 4) is 0 Å². The maximum absolute atomic E-state index is 13.5. The van der Waals surface area contributed by atoms with Gasteiger partial charge in [0.1, 0.15) is 5.25 Å². The van der Waals surface area contributed by atoms with Gasteiger partial charge < -0.3 is 14.5 Å². The van der Waals surface area contributed by atoms with Crippen LogP contribution < -0.4 is 4.90 Å². The predicted molar refractivity (Wildman–Crippen MR) is 121 cm³/mol. The third kappa shape index (κ3) is 4.60. The standard InChI is InChI=1S/C23H31N5O2S/c1-17-9-11-27(12-10-17)22-24-25-23(28(22)19-7-8-19)31-20(18-5-3-2-4-6-18)21(29)26-13-15-30-16-14-26/h2-6,17,19-20H,7-16H2,1H3/t20-/m1/s1. The van der Waals surface area contributed by atoms with Crippen molar-refractivity contribution >= 4 is 23.6 Å². The average Bonchev–Trinajstić information content (AvgIpc) is 3.58. The zero-order valence-electron chi connectivity index (χ0n) is 18.2. The van der Waals surface area contributed by atoms with Gasteiger partial charge in [0.2, 0.25) is 11.9 Å². The van der Waals surface area contributed by atoms with Crippen molar-refractivity contribution < 1.29 is 9.53 Å². The second-order valence-electron chi connectivity index (χ2n) is 8.90. The molecule has 1 aromatic heterocycles. The minimum Gasteiger partial charge on any atom is -0.378 e. The van der Waals surface area contributed by atoms with Crippen LogP contribution in [0.2, 0.25) is 0 Å². The maximum atomic E-state index is 13.5. The molecule has 3 heterocycles. The van der Waals surface area contributed by atoms with Crippen LogP contribution in [0.3, 0.4) is 0 Å². The van der Waals surface area contributed by atoms with E-state index >= 15 is 0 Å². The summed E-state index contributed by atoms with van der Waals surface area (Å²) < 4.78 is 7.77. The van der Waals surface area contributed by atoms with Gasteiger partial charge in [0, 0.05) is 32.2 Å². The van der Waals surface area contributed by atoms with E-state index in [4.69, 9.17) is 4.74 Å². The lowest BCUT2D eigenvalue weighted by Gasteiger charge is -2.31. The highest BCUT2D eigenvalue weighted by atomic mass is 32.2. The average molecular weight is 442 g/mol. The summed E-state index contributed by atoms with van der Waals surface area (Å²) in [4.78, 5) is 17.8. The molecule has 0 bridgehead atoms. The molecule has 2 aliphatic heterocycles. The van der Waals surface area contributed by atoms with Crippen molar-refractivity contribution in [1.29, 1.82) is 0 Å². The topological polar surface area (TPSA) is 63.5 Å². The Morgan fingerprint density at radius 1 is 1.03 bits per heavy atom. The molecule has 5 rings (SSSR count). The fourth-order valence-electron chi connectivity index (χ4n) is 4.37. The molecule has 1 saturated carbocycles. The summed E-state index contributed by atoms with van der Waals surface area (Å²) in [6, 6.07) is 10.5. The number of thioether (sulfide) groups is 1. The quantitative estimate of drug-likeness (QED) is 0.639. The summed E-state index contributed by atoms with van der Waals surface area (Å²) in [6.07, 6.45) is 4.72. The third-order valence-corrected chi connectivity index (χ3v) is 7.70. The van der Waals surface area contributed by atoms with E-state index in [2.05, 4.69) is 26.6 Å². The highest BCUT2D eigenvalue weighted by Gasteiger charge is 2.36. The minimum atomic E-state index is -0.324. The molecule has 1 amide bonds. The highest BCUT2D eigenvalue weighted by molar-refractivity contribution is 8.00. The monoisotopic (exact) mass is 441 g/mol. The number of benzene rings is 1. The number of aromatic nitrogens is 3. The van der Waals surface area contributed by atoms with Gasteiger partial charge in [-0.1, -0.05) is 49.0 Å². The number of morpholine rings is 1. The number of anilines is 1. The second-order valence-corrected chi connectivity index (χ2v) is 9.97. The Kier molecular flexibility index (Phi) is 6.18. The van der Waals surface area contributed by atoms with Crippen LogP contribution in [-0.2, 0) is 9.53 Å². The highest BCUT2D eigenvalue weighted by Crippen LogP contribution is 2.45. The van der Waals surface area contributed by atoms with Crippen molar-refractivity contribution in [2.24, 2.45) is 5.92 Å². The van der Waals surface area contributed by atoms with Crippen molar-refractivity contribution in [3.63, 3.8) is 0 Å². The zero-order chi connectivity index (χ0) is 21.2. The zero-order valence-corrected chi connectivity index (χ0v) is 19.0. The van der Waals surface area contributed by atoms with Gasteiger partial charge in [0.25, 0.3) is 0 Å². The molecule has 0 N–H and O–H groups in total. The van der Waals surface area contributed by atoms with Gasteiger partial charge in [-0.2, -0.15) is 0 Å². The Hall–Kier alpha value is -2.06. The fourth-order valence-corrected chi connectivity index (χ4v) is 5.56. The van der Waals surface area contributed by atoms with E-state index in [0.29, 0.717) is 32.3 Å². The van der Waals surface area contributed by atoms with Gasteiger partial charge >= 0.3 is 0 Å². The molecule has 0 radical (unpaired) electrons. The number of rotatable bonds is 6. The lowest BCUT2D eigenvalue weighted by Crippen LogP contribution is -2.42. The number of hydrogen-bond donors (Lipinski definition) is 0. The first-order valence-corrected chi connectivity index (χ1v) is 12.4. The number of amides is 1. The largest absolute Gasteiger partial charge is 0.378 e. The van der Waals surface area contributed by atoms with Gasteiger partial charge in [-0.15, -0.1) is 10.2 Å². The summed E-state index contributed by atoms with van der Waals surface area (Å²) in [6.45, 7) is 6.90. The van der Waals surface area contributed by atoms with E-state index in [0.717, 1.165) is 48.5 Å². The molecule has 8 heteroatoms. The SMILES string of the molecule is CC1CCN(c2nnc(S[C@@H](C(=O)N3CCOCC3)c3ccccc3)n2C2CC2)CC1. The van der Waals surface area contributed by atoms with Crippen molar-refractivity contribution in [2.75, 3.05) is 44.3 Å². The fraction of sp³-hybridized carbons (Fsp3) is 0.609. The van der Waals surface area contributed by atoms with E-state index in [1.54, 1.807) is 11.8 Å². The normalized spacial score (nSPS) is 21.3. The molecule has 3 aliphatic rings. The maximum Gasteiger partial charge on any atom is 0.240 e. The van der Waals surface area contributed by atoms with Crippen molar-refractivity contribution in [2.45, 2.75) is 49.1 Å². The molecule has 3 fully saturated rings. The minimum absolute atomic E-state index is 0.137. The molecule has 1 atom stereocenters. The van der Waals surface area contributed by atoms with Crippen LogP contribution in [-0.4, -0.2) is 65.0 Å². The van der Waals surface area contributed by atoms with Crippen LogP contribution in [0.25, 0.3) is 0 Å². The second kappa shape index (κ2) is 9.20. The van der Waals surface area contributed by atoms with E-state index in [1.165, 1.54) is 12.8 Å². The van der Waals surface area contributed by atoms with Gasteiger partial charge in [-0.25, -0.2) is 0 Å². The predicted octanol–water partition coefficient (Wildman–Crippen LogP) is 3.54. The first kappa shape index (κ1) is 20.8. The summed E-state index contributed by atoms with van der Waals surface area (Å²) >= 11 is 1.55. The van der Waals surface area contributed by atoms with Gasteiger partial charge in [-0.3, -0.25) is 9.36 Å². The molecule has 31 heavy (non-hydrogen) atoms. The molecular weight excluding hydrogens is 410 g/mol.